The number of nitrogens with zero attached hydrogens (tertiary/aromatic N) is 2. The van der Waals surface area contributed by atoms with Crippen molar-refractivity contribution in [3.05, 3.63) is 52.3 Å². The van der Waals surface area contributed by atoms with Crippen LogP contribution >= 0.6 is 0 Å². The van der Waals surface area contributed by atoms with Crippen LogP contribution in [0, 0.1) is 25.5 Å². The second-order valence-corrected chi connectivity index (χ2v) is 5.60. The molecule has 2 rings (SSSR count). The first kappa shape index (κ1) is 17.8. The van der Waals surface area contributed by atoms with Crippen LogP contribution in [0.4, 0.5) is 8.78 Å². The minimum Gasteiger partial charge on any atom is -0.342 e. The van der Waals surface area contributed by atoms with E-state index in [0.29, 0.717) is 17.8 Å². The summed E-state index contributed by atoms with van der Waals surface area (Å²) in [6.45, 7) is 5.03. The molecule has 1 aromatic carbocycles. The van der Waals surface area contributed by atoms with Crippen LogP contribution in [-0.2, 0) is 11.8 Å². The fraction of sp³-hybridized carbons (Fsp3) is 0.353. The van der Waals surface area contributed by atoms with Gasteiger partial charge in [-0.1, -0.05) is 6.92 Å². The zero-order valence-electron chi connectivity index (χ0n) is 14.0. The molecule has 1 amide bonds. The van der Waals surface area contributed by atoms with Gasteiger partial charge in [0.15, 0.2) is 0 Å². The highest BCUT2D eigenvalue weighted by atomic mass is 19.1. The molecule has 128 valence electrons. The highest BCUT2D eigenvalue weighted by Gasteiger charge is 2.26. The van der Waals surface area contributed by atoms with Crippen LogP contribution in [0.5, 0.6) is 0 Å². The van der Waals surface area contributed by atoms with E-state index in [1.165, 1.54) is 4.68 Å². The van der Waals surface area contributed by atoms with E-state index in [4.69, 9.17) is 0 Å². The maximum atomic E-state index is 13.9. The Labute approximate surface area is 138 Å². The number of amides is 1. The van der Waals surface area contributed by atoms with E-state index in [9.17, 15) is 18.4 Å². The van der Waals surface area contributed by atoms with Gasteiger partial charge in [0.1, 0.15) is 11.6 Å². The number of hydrogen-bond acceptors (Lipinski definition) is 3. The number of aryl methyl sites for hydroxylation is 2. The number of benzene rings is 1. The molecule has 0 unspecified atom stereocenters. The van der Waals surface area contributed by atoms with E-state index in [0.717, 1.165) is 18.2 Å². The van der Waals surface area contributed by atoms with Crippen LogP contribution in [0.1, 0.15) is 46.7 Å². The Balaban J connectivity index is 2.26. The van der Waals surface area contributed by atoms with Gasteiger partial charge in [0.2, 0.25) is 0 Å². The maximum absolute atomic E-state index is 13.9. The molecule has 0 radical (unpaired) electrons. The summed E-state index contributed by atoms with van der Waals surface area (Å²) < 4.78 is 28.8. The van der Waals surface area contributed by atoms with Crippen molar-refractivity contribution in [3.63, 3.8) is 0 Å². The predicted octanol–water partition coefficient (Wildman–Crippen LogP) is 2.77. The molecule has 1 N–H and O–H groups in total. The van der Waals surface area contributed by atoms with Crippen LogP contribution in [-0.4, -0.2) is 21.5 Å². The van der Waals surface area contributed by atoms with E-state index in [1.807, 2.05) is 0 Å². The van der Waals surface area contributed by atoms with Crippen LogP contribution in [0.25, 0.3) is 0 Å². The van der Waals surface area contributed by atoms with Crippen LogP contribution < -0.4 is 5.32 Å². The van der Waals surface area contributed by atoms with Crippen molar-refractivity contribution >= 4 is 11.7 Å². The predicted molar refractivity (Wildman–Crippen MR) is 84.5 cm³/mol. The van der Waals surface area contributed by atoms with Crippen molar-refractivity contribution in [2.45, 2.75) is 33.2 Å². The van der Waals surface area contributed by atoms with Gasteiger partial charge in [-0.15, -0.1) is 0 Å². The molecule has 7 heteroatoms. The smallest absolute Gasteiger partial charge is 0.293 e. The number of nitrogens with one attached hydrogen (secondary N) is 1. The Kier molecular flexibility index (Phi) is 5.11. The summed E-state index contributed by atoms with van der Waals surface area (Å²) in [5.74, 6) is -2.85. The van der Waals surface area contributed by atoms with E-state index < -0.39 is 29.4 Å². The monoisotopic (exact) mass is 335 g/mol. The number of hydrogen-bond donors (Lipinski definition) is 1. The average molecular weight is 335 g/mol. The molecule has 0 bridgehead atoms. The molecule has 0 saturated carbocycles. The second kappa shape index (κ2) is 6.90. The third-order valence-corrected chi connectivity index (χ3v) is 3.99. The second-order valence-electron chi connectivity index (χ2n) is 5.60. The van der Waals surface area contributed by atoms with Crippen molar-refractivity contribution in [3.8, 4) is 0 Å². The topological polar surface area (TPSA) is 64.0 Å². The minimum absolute atomic E-state index is 0.0123. The summed E-state index contributed by atoms with van der Waals surface area (Å²) in [4.78, 5) is 24.7. The Morgan fingerprint density at radius 2 is 1.96 bits per heavy atom. The van der Waals surface area contributed by atoms with E-state index in [-0.39, 0.29) is 11.1 Å². The number of carbonyl (C=O) groups excluding carboxylic acids is 2. The Bertz CT molecular complexity index is 799. The highest BCUT2D eigenvalue weighted by molar-refractivity contribution is 6.43. The van der Waals surface area contributed by atoms with Crippen molar-refractivity contribution < 1.29 is 18.4 Å². The fourth-order valence-corrected chi connectivity index (χ4v) is 2.62. The molecule has 0 fully saturated rings. The highest BCUT2D eigenvalue weighted by Crippen LogP contribution is 2.22. The number of ketones is 1. The Morgan fingerprint density at radius 1 is 1.29 bits per heavy atom. The Hall–Kier alpha value is -2.57. The molecule has 1 heterocycles. The number of rotatable bonds is 5. The van der Waals surface area contributed by atoms with Gasteiger partial charge in [-0.05, 0) is 38.5 Å². The number of halogens is 2. The zero-order chi connectivity index (χ0) is 18.0. The van der Waals surface area contributed by atoms with Crippen LogP contribution in [0.15, 0.2) is 18.2 Å². The molecule has 0 aliphatic rings. The molecule has 0 saturated heterocycles. The third kappa shape index (κ3) is 3.34. The quantitative estimate of drug-likeness (QED) is 0.675. The molecule has 24 heavy (non-hydrogen) atoms. The third-order valence-electron chi connectivity index (χ3n) is 3.99. The maximum Gasteiger partial charge on any atom is 0.293 e. The van der Waals surface area contributed by atoms with Gasteiger partial charge in [-0.3, -0.25) is 14.3 Å². The van der Waals surface area contributed by atoms with Gasteiger partial charge < -0.3 is 5.32 Å². The van der Waals surface area contributed by atoms with E-state index in [2.05, 4.69) is 10.4 Å². The first-order chi connectivity index (χ1) is 11.3. The Morgan fingerprint density at radius 3 is 2.50 bits per heavy atom. The van der Waals surface area contributed by atoms with Crippen molar-refractivity contribution in [2.75, 3.05) is 0 Å². The normalized spacial score (nSPS) is 12.1. The summed E-state index contributed by atoms with van der Waals surface area (Å²) in [5.41, 5.74) is 1.25. The summed E-state index contributed by atoms with van der Waals surface area (Å²) >= 11 is 0. The molecular formula is C17H19F2N3O2. The van der Waals surface area contributed by atoms with Gasteiger partial charge in [0.05, 0.1) is 17.3 Å². The molecule has 1 aromatic heterocycles. The van der Waals surface area contributed by atoms with E-state index in [1.54, 1.807) is 27.8 Å². The van der Waals surface area contributed by atoms with Gasteiger partial charge in [0, 0.05) is 18.3 Å². The number of aromatic nitrogens is 2. The summed E-state index contributed by atoms with van der Waals surface area (Å²) in [6, 6.07) is 2.22. The zero-order valence-corrected chi connectivity index (χ0v) is 14.0. The summed E-state index contributed by atoms with van der Waals surface area (Å²) in [5, 5.41) is 6.58. The number of Topliss-reactive ketones (excluding diaryl/α,β-unsaturated/α-hetero) is 1. The lowest BCUT2D eigenvalue weighted by Gasteiger charge is -2.18. The van der Waals surface area contributed by atoms with Gasteiger partial charge in [-0.2, -0.15) is 5.10 Å². The molecule has 2 aromatic rings. The van der Waals surface area contributed by atoms with Crippen molar-refractivity contribution in [1.82, 2.24) is 15.1 Å². The lowest BCUT2D eigenvalue weighted by Crippen LogP contribution is -2.35. The van der Waals surface area contributed by atoms with Crippen LogP contribution in [0.2, 0.25) is 0 Å². The van der Waals surface area contributed by atoms with E-state index >= 15 is 0 Å². The van der Waals surface area contributed by atoms with Gasteiger partial charge >= 0.3 is 0 Å². The first-order valence-corrected chi connectivity index (χ1v) is 7.56. The molecule has 0 aliphatic heterocycles. The lowest BCUT2D eigenvalue weighted by molar-refractivity contribution is -0.117. The molecule has 1 atom stereocenters. The lowest BCUT2D eigenvalue weighted by atomic mass is 10.0. The fourth-order valence-electron chi connectivity index (χ4n) is 2.62. The van der Waals surface area contributed by atoms with Crippen molar-refractivity contribution in [1.29, 1.82) is 0 Å². The standard InChI is InChI=1S/C17H19F2N3O2/c1-5-14(12-8-11(18)6-7-13(12)19)20-17(24)16(23)15-9(2)21-22(4)10(15)3/h6-8,14H,5H2,1-4H3,(H,20,24)/t14-/m0/s1. The molecular weight excluding hydrogens is 316 g/mol. The SMILES string of the molecule is CC[C@H](NC(=O)C(=O)c1c(C)nn(C)c1C)c1cc(F)ccc1F. The van der Waals surface area contributed by atoms with Crippen molar-refractivity contribution in [2.24, 2.45) is 7.05 Å². The molecule has 5 nitrogen and oxygen atoms in total. The largest absolute Gasteiger partial charge is 0.342 e. The van der Waals surface area contributed by atoms with Crippen LogP contribution in [0.3, 0.4) is 0 Å². The average Bonchev–Trinajstić information content (AvgIpc) is 2.79. The summed E-state index contributed by atoms with van der Waals surface area (Å²) in [6.07, 6.45) is 0.310. The van der Waals surface area contributed by atoms with Gasteiger partial charge in [0.25, 0.3) is 11.7 Å². The van der Waals surface area contributed by atoms with Gasteiger partial charge in [-0.25, -0.2) is 8.78 Å². The first-order valence-electron chi connectivity index (χ1n) is 7.56. The number of carbonyl (C=O) groups is 2. The molecule has 0 aliphatic carbocycles. The molecule has 0 spiro atoms. The summed E-state index contributed by atoms with van der Waals surface area (Å²) in [7, 11) is 1.67. The minimum atomic E-state index is -0.871.